The van der Waals surface area contributed by atoms with E-state index in [2.05, 4.69) is 30.5 Å². The van der Waals surface area contributed by atoms with Gasteiger partial charge in [0.1, 0.15) is 11.3 Å². The van der Waals surface area contributed by atoms with Crippen molar-refractivity contribution >= 4 is 38.7 Å². The van der Waals surface area contributed by atoms with Crippen molar-refractivity contribution < 1.29 is 0 Å². The van der Waals surface area contributed by atoms with Crippen LogP contribution in [0.25, 0.3) is 11.2 Å². The average molecular weight is 329 g/mol. The fourth-order valence-corrected chi connectivity index (χ4v) is 3.30. The van der Waals surface area contributed by atoms with Crippen molar-refractivity contribution in [3.8, 4) is 0 Å². The number of hydrogen-bond acceptors (Lipinski definition) is 2. The number of halogens is 2. The monoisotopic (exact) mass is 327 g/mol. The fraction of sp³-hybridized carbons (Fsp3) is 0.538. The maximum atomic E-state index is 6.01. The summed E-state index contributed by atoms with van der Waals surface area (Å²) in [4.78, 5) is 9.06. The van der Waals surface area contributed by atoms with Gasteiger partial charge < -0.3 is 4.57 Å². The SMILES string of the molecule is ClCc1nc2cc(Br)cnc2n1CC1CCCC1. The summed E-state index contributed by atoms with van der Waals surface area (Å²) in [5.41, 5.74) is 1.89. The van der Waals surface area contributed by atoms with Crippen molar-refractivity contribution in [2.24, 2.45) is 5.92 Å². The maximum Gasteiger partial charge on any atom is 0.160 e. The van der Waals surface area contributed by atoms with E-state index in [-0.39, 0.29) is 0 Å². The molecular formula is C13H15BrClN3. The van der Waals surface area contributed by atoms with Gasteiger partial charge in [-0.25, -0.2) is 9.97 Å². The van der Waals surface area contributed by atoms with E-state index >= 15 is 0 Å². The van der Waals surface area contributed by atoms with E-state index in [1.54, 1.807) is 0 Å². The van der Waals surface area contributed by atoms with Gasteiger partial charge in [-0.2, -0.15) is 0 Å². The Labute approximate surface area is 120 Å². The van der Waals surface area contributed by atoms with Crippen LogP contribution in [0.5, 0.6) is 0 Å². The Hall–Kier alpha value is -0.610. The molecule has 1 aliphatic carbocycles. The summed E-state index contributed by atoms with van der Waals surface area (Å²) >= 11 is 9.44. The Morgan fingerprint density at radius 2 is 2.17 bits per heavy atom. The van der Waals surface area contributed by atoms with Crippen LogP contribution in [0.1, 0.15) is 31.5 Å². The zero-order valence-electron chi connectivity index (χ0n) is 10.1. The summed E-state index contributed by atoms with van der Waals surface area (Å²) < 4.78 is 3.16. The van der Waals surface area contributed by atoms with Crippen molar-refractivity contribution in [1.82, 2.24) is 14.5 Å². The van der Waals surface area contributed by atoms with E-state index in [0.717, 1.165) is 33.9 Å². The molecule has 0 N–H and O–H groups in total. The van der Waals surface area contributed by atoms with Crippen LogP contribution in [0, 0.1) is 5.92 Å². The number of pyridine rings is 1. The van der Waals surface area contributed by atoms with Crippen LogP contribution in [0.15, 0.2) is 16.7 Å². The summed E-state index contributed by atoms with van der Waals surface area (Å²) in [6.07, 6.45) is 7.17. The lowest BCUT2D eigenvalue weighted by Gasteiger charge is -2.12. The number of aromatic nitrogens is 3. The predicted octanol–water partition coefficient (Wildman–Crippen LogP) is 4.12. The van der Waals surface area contributed by atoms with Crippen LogP contribution in [0.3, 0.4) is 0 Å². The Morgan fingerprint density at radius 1 is 1.39 bits per heavy atom. The van der Waals surface area contributed by atoms with E-state index in [0.29, 0.717) is 5.88 Å². The fourth-order valence-electron chi connectivity index (χ4n) is 2.78. The number of rotatable bonds is 3. The highest BCUT2D eigenvalue weighted by atomic mass is 79.9. The Bertz CT molecular complexity index is 561. The average Bonchev–Trinajstić information content (AvgIpc) is 2.97. The highest BCUT2D eigenvalue weighted by molar-refractivity contribution is 9.10. The molecule has 5 heteroatoms. The van der Waals surface area contributed by atoms with Crippen LogP contribution in [0.2, 0.25) is 0 Å². The quantitative estimate of drug-likeness (QED) is 0.793. The molecule has 0 spiro atoms. The Balaban J connectivity index is 2.01. The van der Waals surface area contributed by atoms with Crippen LogP contribution in [0.4, 0.5) is 0 Å². The number of fused-ring (bicyclic) bond motifs is 1. The van der Waals surface area contributed by atoms with Gasteiger partial charge in [-0.3, -0.25) is 0 Å². The summed E-state index contributed by atoms with van der Waals surface area (Å²) in [6.45, 7) is 1.01. The van der Waals surface area contributed by atoms with Gasteiger partial charge in [-0.05, 0) is 40.8 Å². The first-order valence-electron chi connectivity index (χ1n) is 6.34. The molecule has 1 saturated carbocycles. The third kappa shape index (κ3) is 2.28. The molecule has 0 atom stereocenters. The van der Waals surface area contributed by atoms with Crippen molar-refractivity contribution in [3.63, 3.8) is 0 Å². The summed E-state index contributed by atoms with van der Waals surface area (Å²) in [7, 11) is 0. The van der Waals surface area contributed by atoms with Gasteiger partial charge in [0, 0.05) is 17.2 Å². The third-order valence-corrected chi connectivity index (χ3v) is 4.34. The first-order chi connectivity index (χ1) is 8.78. The molecule has 0 radical (unpaired) electrons. The second-order valence-corrected chi connectivity index (χ2v) is 6.10. The summed E-state index contributed by atoms with van der Waals surface area (Å²) in [5.74, 6) is 2.14. The third-order valence-electron chi connectivity index (χ3n) is 3.67. The second-order valence-electron chi connectivity index (χ2n) is 4.92. The molecule has 2 heterocycles. The molecule has 0 aliphatic heterocycles. The van der Waals surface area contributed by atoms with Gasteiger partial charge in [0.05, 0.1) is 5.88 Å². The van der Waals surface area contributed by atoms with Gasteiger partial charge >= 0.3 is 0 Å². The van der Waals surface area contributed by atoms with Gasteiger partial charge in [0.15, 0.2) is 5.65 Å². The lowest BCUT2D eigenvalue weighted by molar-refractivity contribution is 0.456. The number of nitrogens with zero attached hydrogens (tertiary/aromatic N) is 3. The first-order valence-corrected chi connectivity index (χ1v) is 7.67. The van der Waals surface area contributed by atoms with Gasteiger partial charge in [-0.15, -0.1) is 11.6 Å². The topological polar surface area (TPSA) is 30.7 Å². The van der Waals surface area contributed by atoms with Crippen molar-refractivity contribution in [2.45, 2.75) is 38.1 Å². The second kappa shape index (κ2) is 5.17. The highest BCUT2D eigenvalue weighted by Crippen LogP contribution is 2.28. The lowest BCUT2D eigenvalue weighted by atomic mass is 10.1. The molecule has 0 saturated heterocycles. The van der Waals surface area contributed by atoms with Crippen molar-refractivity contribution in [2.75, 3.05) is 0 Å². The van der Waals surface area contributed by atoms with Crippen molar-refractivity contribution in [3.05, 3.63) is 22.6 Å². The molecule has 18 heavy (non-hydrogen) atoms. The molecule has 96 valence electrons. The van der Waals surface area contributed by atoms with Crippen LogP contribution in [-0.2, 0) is 12.4 Å². The molecule has 0 bridgehead atoms. The molecule has 3 nitrogen and oxygen atoms in total. The lowest BCUT2D eigenvalue weighted by Crippen LogP contribution is -2.10. The molecule has 0 amide bonds. The largest absolute Gasteiger partial charge is 0.311 e. The van der Waals surface area contributed by atoms with Crippen LogP contribution >= 0.6 is 27.5 Å². The minimum atomic E-state index is 0.445. The van der Waals surface area contributed by atoms with E-state index in [9.17, 15) is 0 Å². The predicted molar refractivity (Wildman–Crippen MR) is 76.7 cm³/mol. The van der Waals surface area contributed by atoms with Crippen molar-refractivity contribution in [1.29, 1.82) is 0 Å². The van der Waals surface area contributed by atoms with E-state index in [4.69, 9.17) is 11.6 Å². The van der Waals surface area contributed by atoms with Crippen LogP contribution in [-0.4, -0.2) is 14.5 Å². The van der Waals surface area contributed by atoms with Crippen LogP contribution < -0.4 is 0 Å². The molecule has 0 unspecified atom stereocenters. The number of alkyl halides is 1. The number of hydrogen-bond donors (Lipinski definition) is 0. The minimum Gasteiger partial charge on any atom is -0.311 e. The molecule has 1 fully saturated rings. The molecule has 1 aliphatic rings. The van der Waals surface area contributed by atoms with Gasteiger partial charge in [0.25, 0.3) is 0 Å². The van der Waals surface area contributed by atoms with Gasteiger partial charge in [-0.1, -0.05) is 12.8 Å². The summed E-state index contributed by atoms with van der Waals surface area (Å²) in [5, 5.41) is 0. The molecular weight excluding hydrogens is 314 g/mol. The number of imidazole rings is 1. The smallest absolute Gasteiger partial charge is 0.160 e. The molecule has 2 aromatic heterocycles. The zero-order valence-corrected chi connectivity index (χ0v) is 12.4. The van der Waals surface area contributed by atoms with Gasteiger partial charge in [0.2, 0.25) is 0 Å². The Kier molecular flexibility index (Phi) is 3.57. The standard InChI is InChI=1S/C13H15BrClN3/c14-10-5-11-13(16-7-10)18(12(6-15)17-11)8-9-3-1-2-4-9/h5,7,9H,1-4,6,8H2. The highest BCUT2D eigenvalue weighted by Gasteiger charge is 2.19. The molecule has 2 aromatic rings. The maximum absolute atomic E-state index is 6.01. The zero-order chi connectivity index (χ0) is 12.5. The van der Waals surface area contributed by atoms with E-state index < -0.39 is 0 Å². The minimum absolute atomic E-state index is 0.445. The summed E-state index contributed by atoms with van der Waals surface area (Å²) in [6, 6.07) is 2.00. The normalized spacial score (nSPS) is 16.8. The Morgan fingerprint density at radius 3 is 2.89 bits per heavy atom. The first kappa shape index (κ1) is 12.4. The van der Waals surface area contributed by atoms with E-state index in [1.807, 2.05) is 12.3 Å². The molecule has 0 aromatic carbocycles. The molecule has 3 rings (SSSR count). The van der Waals surface area contributed by atoms with E-state index in [1.165, 1.54) is 25.7 Å².